The molecule has 1 aromatic carbocycles. The summed E-state index contributed by atoms with van der Waals surface area (Å²) in [4.78, 5) is 13.2. The average molecular weight is 222 g/mol. The molecule has 0 amide bonds. The van der Waals surface area contributed by atoms with Crippen molar-refractivity contribution in [1.29, 1.82) is 0 Å². The second-order valence-corrected chi connectivity index (χ2v) is 4.69. The monoisotopic (exact) mass is 222 g/mol. The third-order valence-electron chi connectivity index (χ3n) is 2.23. The molecule has 0 aromatic heterocycles. The van der Waals surface area contributed by atoms with Crippen molar-refractivity contribution in [3.8, 4) is 0 Å². The van der Waals surface area contributed by atoms with Gasteiger partial charge in [0.1, 0.15) is 5.82 Å². The van der Waals surface area contributed by atoms with Gasteiger partial charge in [0.2, 0.25) is 0 Å². The van der Waals surface area contributed by atoms with Crippen LogP contribution in [0.3, 0.4) is 0 Å². The molecule has 2 rings (SSSR count). The standard InChI is InChI=1S/C12H11FOS/c13-9-4-6-11(7-5-9)15-12-3-1-2-10(14)8-12/h4-8H,1-3H2. The van der Waals surface area contributed by atoms with Crippen molar-refractivity contribution < 1.29 is 9.18 Å². The Hall–Kier alpha value is -1.09. The number of carbonyl (C=O) groups excluding carboxylic acids is 1. The van der Waals surface area contributed by atoms with Gasteiger partial charge in [-0.3, -0.25) is 4.79 Å². The molecule has 1 aliphatic carbocycles. The highest BCUT2D eigenvalue weighted by Crippen LogP contribution is 2.32. The summed E-state index contributed by atoms with van der Waals surface area (Å²) in [6, 6.07) is 6.35. The lowest BCUT2D eigenvalue weighted by molar-refractivity contribution is -0.115. The van der Waals surface area contributed by atoms with Crippen LogP contribution in [0, 0.1) is 5.82 Å². The first-order valence-corrected chi connectivity index (χ1v) is 5.72. The van der Waals surface area contributed by atoms with Crippen LogP contribution in [-0.2, 0) is 4.79 Å². The minimum absolute atomic E-state index is 0.200. The van der Waals surface area contributed by atoms with E-state index in [1.54, 1.807) is 30.0 Å². The van der Waals surface area contributed by atoms with Crippen molar-refractivity contribution in [1.82, 2.24) is 0 Å². The topological polar surface area (TPSA) is 17.1 Å². The molecule has 1 aliphatic rings. The fourth-order valence-electron chi connectivity index (χ4n) is 1.50. The fraction of sp³-hybridized carbons (Fsp3) is 0.250. The first kappa shape index (κ1) is 10.4. The van der Waals surface area contributed by atoms with E-state index < -0.39 is 0 Å². The second kappa shape index (κ2) is 4.62. The van der Waals surface area contributed by atoms with E-state index in [-0.39, 0.29) is 11.6 Å². The van der Waals surface area contributed by atoms with Crippen molar-refractivity contribution in [3.63, 3.8) is 0 Å². The van der Waals surface area contributed by atoms with Crippen LogP contribution in [-0.4, -0.2) is 5.78 Å². The Balaban J connectivity index is 2.08. The molecule has 0 radical (unpaired) electrons. The molecule has 0 N–H and O–H groups in total. The highest BCUT2D eigenvalue weighted by atomic mass is 32.2. The number of halogens is 1. The molecule has 0 saturated carbocycles. The van der Waals surface area contributed by atoms with E-state index in [1.807, 2.05) is 0 Å². The zero-order valence-corrected chi connectivity index (χ0v) is 9.02. The van der Waals surface area contributed by atoms with E-state index in [2.05, 4.69) is 0 Å². The normalized spacial score (nSPS) is 16.3. The van der Waals surface area contributed by atoms with Gasteiger partial charge in [0.15, 0.2) is 5.78 Å². The lowest BCUT2D eigenvalue weighted by Crippen LogP contribution is -2.00. The number of rotatable bonds is 2. The Morgan fingerprint density at radius 2 is 1.87 bits per heavy atom. The number of benzene rings is 1. The summed E-state index contributed by atoms with van der Waals surface area (Å²) in [5.41, 5.74) is 0. The van der Waals surface area contributed by atoms with Crippen LogP contribution >= 0.6 is 11.8 Å². The van der Waals surface area contributed by atoms with E-state index in [0.717, 1.165) is 22.6 Å². The molecule has 0 fully saturated rings. The SMILES string of the molecule is O=C1C=C(Sc2ccc(F)cc2)CCC1. The molecule has 1 aromatic rings. The lowest BCUT2D eigenvalue weighted by Gasteiger charge is -2.10. The molecule has 0 saturated heterocycles. The van der Waals surface area contributed by atoms with Crippen molar-refractivity contribution in [2.24, 2.45) is 0 Å². The molecule has 0 heterocycles. The Kier molecular flexibility index (Phi) is 3.21. The molecule has 3 heteroatoms. The summed E-state index contributed by atoms with van der Waals surface area (Å²) in [6.45, 7) is 0. The minimum Gasteiger partial charge on any atom is -0.295 e. The largest absolute Gasteiger partial charge is 0.295 e. The number of hydrogen-bond acceptors (Lipinski definition) is 2. The number of hydrogen-bond donors (Lipinski definition) is 0. The second-order valence-electron chi connectivity index (χ2n) is 3.49. The smallest absolute Gasteiger partial charge is 0.156 e. The zero-order valence-electron chi connectivity index (χ0n) is 8.20. The number of allylic oxidation sites excluding steroid dienone is 2. The third kappa shape index (κ3) is 2.93. The quantitative estimate of drug-likeness (QED) is 0.761. The predicted molar refractivity (Wildman–Crippen MR) is 59.2 cm³/mol. The molecule has 1 nitrogen and oxygen atoms in total. The summed E-state index contributed by atoms with van der Waals surface area (Å²) >= 11 is 1.55. The molecular formula is C12H11FOS. The minimum atomic E-state index is -0.229. The van der Waals surface area contributed by atoms with Gasteiger partial charge in [-0.05, 0) is 48.1 Å². The maximum atomic E-state index is 12.6. The molecule has 0 aliphatic heterocycles. The van der Waals surface area contributed by atoms with Crippen LogP contribution < -0.4 is 0 Å². The van der Waals surface area contributed by atoms with Crippen molar-refractivity contribution >= 4 is 17.5 Å². The van der Waals surface area contributed by atoms with Crippen molar-refractivity contribution in [3.05, 3.63) is 41.1 Å². The van der Waals surface area contributed by atoms with Gasteiger partial charge in [0.05, 0.1) is 0 Å². The van der Waals surface area contributed by atoms with Gasteiger partial charge in [-0.2, -0.15) is 0 Å². The molecule has 0 unspecified atom stereocenters. The average Bonchev–Trinajstić information content (AvgIpc) is 2.22. The van der Waals surface area contributed by atoms with Crippen LogP contribution in [0.15, 0.2) is 40.1 Å². The third-order valence-corrected chi connectivity index (χ3v) is 3.32. The number of carbonyl (C=O) groups is 1. The number of ketones is 1. The first-order chi connectivity index (χ1) is 7.24. The Labute approximate surface area is 92.4 Å². The summed E-state index contributed by atoms with van der Waals surface area (Å²) in [5, 5.41) is 0. The zero-order chi connectivity index (χ0) is 10.7. The van der Waals surface area contributed by atoms with Crippen molar-refractivity contribution in [2.75, 3.05) is 0 Å². The van der Waals surface area contributed by atoms with Gasteiger partial charge in [-0.25, -0.2) is 4.39 Å². The lowest BCUT2D eigenvalue weighted by atomic mass is 10.1. The first-order valence-electron chi connectivity index (χ1n) is 4.91. The van der Waals surface area contributed by atoms with Gasteiger partial charge in [0, 0.05) is 11.3 Å². The molecule has 0 bridgehead atoms. The Morgan fingerprint density at radius 3 is 2.53 bits per heavy atom. The van der Waals surface area contributed by atoms with Gasteiger partial charge >= 0.3 is 0 Å². The maximum absolute atomic E-state index is 12.6. The van der Waals surface area contributed by atoms with E-state index in [4.69, 9.17) is 0 Å². The van der Waals surface area contributed by atoms with Crippen molar-refractivity contribution in [2.45, 2.75) is 24.2 Å². The van der Waals surface area contributed by atoms with Gasteiger partial charge < -0.3 is 0 Å². The van der Waals surface area contributed by atoms with Crippen LogP contribution in [0.1, 0.15) is 19.3 Å². The van der Waals surface area contributed by atoms with Gasteiger partial charge in [-0.1, -0.05) is 11.8 Å². The molecule has 0 spiro atoms. The van der Waals surface area contributed by atoms with Crippen LogP contribution in [0.5, 0.6) is 0 Å². The Morgan fingerprint density at radius 1 is 1.13 bits per heavy atom. The fourth-order valence-corrected chi connectivity index (χ4v) is 2.51. The van der Waals surface area contributed by atoms with Crippen LogP contribution in [0.25, 0.3) is 0 Å². The highest BCUT2D eigenvalue weighted by Gasteiger charge is 2.10. The molecule has 78 valence electrons. The van der Waals surface area contributed by atoms with E-state index in [0.29, 0.717) is 6.42 Å². The van der Waals surface area contributed by atoms with E-state index in [9.17, 15) is 9.18 Å². The summed E-state index contributed by atoms with van der Waals surface area (Å²) < 4.78 is 12.6. The molecule has 0 atom stereocenters. The summed E-state index contributed by atoms with van der Waals surface area (Å²) in [5.74, 6) is -0.0288. The van der Waals surface area contributed by atoms with E-state index >= 15 is 0 Å². The van der Waals surface area contributed by atoms with Gasteiger partial charge in [-0.15, -0.1) is 0 Å². The van der Waals surface area contributed by atoms with Crippen LogP contribution in [0.4, 0.5) is 4.39 Å². The summed E-state index contributed by atoms with van der Waals surface area (Å²) in [7, 11) is 0. The molecule has 15 heavy (non-hydrogen) atoms. The predicted octanol–water partition coefficient (Wildman–Crippen LogP) is 3.55. The number of thioether (sulfide) groups is 1. The highest BCUT2D eigenvalue weighted by molar-refractivity contribution is 8.03. The summed E-state index contributed by atoms with van der Waals surface area (Å²) in [6.07, 6.45) is 4.25. The maximum Gasteiger partial charge on any atom is 0.156 e. The van der Waals surface area contributed by atoms with E-state index in [1.165, 1.54) is 12.1 Å². The van der Waals surface area contributed by atoms with Gasteiger partial charge in [0.25, 0.3) is 0 Å². The molecular weight excluding hydrogens is 211 g/mol. The van der Waals surface area contributed by atoms with Crippen LogP contribution in [0.2, 0.25) is 0 Å². The Bertz CT molecular complexity index is 395.